The van der Waals surface area contributed by atoms with Crippen LogP contribution in [0.5, 0.6) is 0 Å². The van der Waals surface area contributed by atoms with Gasteiger partial charge in [-0.25, -0.2) is 0 Å². The molecule has 0 bridgehead atoms. The maximum Gasteiger partial charge on any atom is 0.0550 e. The average molecular weight is 569 g/mol. The van der Waals surface area contributed by atoms with E-state index in [4.69, 9.17) is 12.6 Å². The van der Waals surface area contributed by atoms with Crippen molar-refractivity contribution in [3.63, 3.8) is 0 Å². The standard InChI is InChI=1S/C40H28N2S/c43-38-21-11-18-32-39-31-17-8-10-20-35(31)42(28-14-5-2-6-15-28)37(39)25-33(40(32)38)26-22-23-30-29-16-7-9-19-34(29)41(36(30)24-26)27-12-3-1-4-13-27/h1-17,19-25,38,43H,18H2. The minimum Gasteiger partial charge on any atom is -0.309 e. The lowest BCUT2D eigenvalue weighted by atomic mass is 9.85. The van der Waals surface area contributed by atoms with Crippen LogP contribution in [-0.2, 0) is 6.42 Å². The lowest BCUT2D eigenvalue weighted by Gasteiger charge is -2.23. The van der Waals surface area contributed by atoms with E-state index in [9.17, 15) is 0 Å². The van der Waals surface area contributed by atoms with Crippen LogP contribution in [0.3, 0.4) is 0 Å². The van der Waals surface area contributed by atoms with Gasteiger partial charge in [0, 0.05) is 38.2 Å². The van der Waals surface area contributed by atoms with E-state index in [0.29, 0.717) is 0 Å². The van der Waals surface area contributed by atoms with Gasteiger partial charge in [0.05, 0.1) is 22.1 Å². The van der Waals surface area contributed by atoms with Crippen LogP contribution in [0.2, 0.25) is 0 Å². The number of hydrogen-bond donors (Lipinski definition) is 1. The van der Waals surface area contributed by atoms with E-state index >= 15 is 0 Å². The van der Waals surface area contributed by atoms with Crippen molar-refractivity contribution in [3.05, 3.63) is 157 Å². The molecule has 6 aromatic carbocycles. The Balaban J connectivity index is 1.40. The van der Waals surface area contributed by atoms with Crippen LogP contribution in [-0.4, -0.2) is 9.13 Å². The van der Waals surface area contributed by atoms with E-state index in [-0.39, 0.29) is 5.25 Å². The van der Waals surface area contributed by atoms with Crippen LogP contribution in [0.15, 0.2) is 146 Å². The van der Waals surface area contributed by atoms with Gasteiger partial charge in [-0.3, -0.25) is 0 Å². The summed E-state index contributed by atoms with van der Waals surface area (Å²) in [5.74, 6) is 0. The Morgan fingerprint density at radius 1 is 0.535 bits per heavy atom. The lowest BCUT2D eigenvalue weighted by molar-refractivity contribution is 1.09. The van der Waals surface area contributed by atoms with Gasteiger partial charge < -0.3 is 9.13 Å². The zero-order valence-electron chi connectivity index (χ0n) is 23.5. The molecule has 0 saturated heterocycles. The van der Waals surface area contributed by atoms with Crippen molar-refractivity contribution in [1.29, 1.82) is 0 Å². The van der Waals surface area contributed by atoms with E-state index in [1.807, 2.05) is 0 Å². The summed E-state index contributed by atoms with van der Waals surface area (Å²) < 4.78 is 4.83. The molecule has 1 unspecified atom stereocenters. The third kappa shape index (κ3) is 3.62. The van der Waals surface area contributed by atoms with E-state index in [0.717, 1.165) is 6.42 Å². The predicted octanol–water partition coefficient (Wildman–Crippen LogP) is 10.6. The Hall–Kier alpha value is -4.99. The lowest BCUT2D eigenvalue weighted by Crippen LogP contribution is -2.05. The summed E-state index contributed by atoms with van der Waals surface area (Å²) in [6, 6.07) is 48.4. The molecule has 0 N–H and O–H groups in total. The molecule has 9 rings (SSSR count). The maximum absolute atomic E-state index is 5.15. The number of fused-ring (bicyclic) bond motifs is 8. The molecule has 204 valence electrons. The number of benzene rings is 6. The second-order valence-corrected chi connectivity index (χ2v) is 12.0. The number of rotatable bonds is 3. The number of aromatic nitrogens is 2. The van der Waals surface area contributed by atoms with Gasteiger partial charge in [0.2, 0.25) is 0 Å². The Kier molecular flexibility index (Phi) is 5.44. The number of allylic oxidation sites excluding steroid dienone is 1. The van der Waals surface area contributed by atoms with Gasteiger partial charge in [0.15, 0.2) is 0 Å². The highest BCUT2D eigenvalue weighted by Crippen LogP contribution is 2.46. The van der Waals surface area contributed by atoms with Gasteiger partial charge in [-0.15, -0.1) is 0 Å². The fraction of sp³-hybridized carbons (Fsp3) is 0.0500. The summed E-state index contributed by atoms with van der Waals surface area (Å²) in [4.78, 5) is 0. The quantitative estimate of drug-likeness (QED) is 0.160. The van der Waals surface area contributed by atoms with E-state index < -0.39 is 0 Å². The Labute approximate surface area is 255 Å². The van der Waals surface area contributed by atoms with Gasteiger partial charge in [-0.1, -0.05) is 97.1 Å². The predicted molar refractivity (Wildman–Crippen MR) is 185 cm³/mol. The van der Waals surface area contributed by atoms with Gasteiger partial charge in [0.25, 0.3) is 0 Å². The first-order chi connectivity index (χ1) is 21.3. The average Bonchev–Trinajstić information content (AvgIpc) is 3.58. The molecule has 3 heteroatoms. The molecule has 2 aromatic heterocycles. The topological polar surface area (TPSA) is 9.86 Å². The first-order valence-electron chi connectivity index (χ1n) is 14.9. The molecule has 0 saturated carbocycles. The number of para-hydroxylation sites is 4. The Bertz CT molecular complexity index is 2380. The molecule has 0 spiro atoms. The molecule has 0 amide bonds. The number of hydrogen-bond acceptors (Lipinski definition) is 1. The highest BCUT2D eigenvalue weighted by Gasteiger charge is 2.25. The van der Waals surface area contributed by atoms with E-state index in [1.54, 1.807) is 0 Å². The van der Waals surface area contributed by atoms with Crippen molar-refractivity contribution in [2.75, 3.05) is 0 Å². The monoisotopic (exact) mass is 568 g/mol. The zero-order valence-corrected chi connectivity index (χ0v) is 24.4. The van der Waals surface area contributed by atoms with Crippen molar-refractivity contribution < 1.29 is 0 Å². The van der Waals surface area contributed by atoms with Crippen molar-refractivity contribution in [3.8, 4) is 22.5 Å². The molecule has 1 aliphatic carbocycles. The van der Waals surface area contributed by atoms with Gasteiger partial charge in [0.1, 0.15) is 0 Å². The summed E-state index contributed by atoms with van der Waals surface area (Å²) in [6.07, 6.45) is 5.43. The summed E-state index contributed by atoms with van der Waals surface area (Å²) in [5, 5.41) is 5.18. The SMILES string of the molecule is SC1C=CCc2c1c(-c1ccc3c4ccccc4n(-c4ccccc4)c3c1)cc1c2c2ccccc2n1-c1ccccc1. The highest BCUT2D eigenvalue weighted by atomic mass is 32.1. The molecule has 0 radical (unpaired) electrons. The Morgan fingerprint density at radius 3 is 1.84 bits per heavy atom. The van der Waals surface area contributed by atoms with Crippen LogP contribution in [0.4, 0.5) is 0 Å². The van der Waals surface area contributed by atoms with E-state index in [2.05, 4.69) is 155 Å². The molecule has 43 heavy (non-hydrogen) atoms. The minimum absolute atomic E-state index is 0.0256. The summed E-state index contributed by atoms with van der Waals surface area (Å²) >= 11 is 5.15. The largest absolute Gasteiger partial charge is 0.309 e. The van der Waals surface area contributed by atoms with Crippen LogP contribution in [0.1, 0.15) is 16.4 Å². The van der Waals surface area contributed by atoms with Crippen molar-refractivity contribution in [2.24, 2.45) is 0 Å². The summed E-state index contributed by atoms with van der Waals surface area (Å²) in [5.41, 5.74) is 12.4. The molecule has 1 atom stereocenters. The van der Waals surface area contributed by atoms with E-state index in [1.165, 1.54) is 77.2 Å². The van der Waals surface area contributed by atoms with Crippen molar-refractivity contribution in [1.82, 2.24) is 9.13 Å². The molecule has 1 aliphatic rings. The second kappa shape index (κ2) is 9.52. The van der Waals surface area contributed by atoms with Gasteiger partial charge in [-0.05, 0) is 77.2 Å². The number of nitrogens with zero attached hydrogens (tertiary/aromatic N) is 2. The highest BCUT2D eigenvalue weighted by molar-refractivity contribution is 7.80. The molecular weight excluding hydrogens is 541 g/mol. The molecule has 8 aromatic rings. The first-order valence-corrected chi connectivity index (χ1v) is 15.4. The second-order valence-electron chi connectivity index (χ2n) is 11.4. The minimum atomic E-state index is 0.0256. The summed E-state index contributed by atoms with van der Waals surface area (Å²) in [6.45, 7) is 0. The molecule has 0 fully saturated rings. The smallest absolute Gasteiger partial charge is 0.0550 e. The van der Waals surface area contributed by atoms with Crippen LogP contribution in [0, 0.1) is 0 Å². The van der Waals surface area contributed by atoms with Gasteiger partial charge >= 0.3 is 0 Å². The fourth-order valence-electron chi connectivity index (χ4n) is 7.27. The normalized spacial score (nSPS) is 14.7. The van der Waals surface area contributed by atoms with Crippen LogP contribution >= 0.6 is 12.6 Å². The van der Waals surface area contributed by atoms with Crippen LogP contribution < -0.4 is 0 Å². The zero-order chi connectivity index (χ0) is 28.5. The molecule has 0 aliphatic heterocycles. The molecular formula is C40H28N2S. The fourth-order valence-corrected chi connectivity index (χ4v) is 7.69. The van der Waals surface area contributed by atoms with Crippen LogP contribution in [0.25, 0.3) is 66.1 Å². The maximum atomic E-state index is 5.15. The summed E-state index contributed by atoms with van der Waals surface area (Å²) in [7, 11) is 0. The number of thiol groups is 1. The molecule has 2 nitrogen and oxygen atoms in total. The van der Waals surface area contributed by atoms with Crippen molar-refractivity contribution in [2.45, 2.75) is 11.7 Å². The first kappa shape index (κ1) is 24.6. The third-order valence-electron chi connectivity index (χ3n) is 9.06. The Morgan fingerprint density at radius 2 is 1.12 bits per heavy atom. The van der Waals surface area contributed by atoms with Gasteiger partial charge in [-0.2, -0.15) is 12.6 Å². The molecule has 2 heterocycles. The third-order valence-corrected chi connectivity index (χ3v) is 9.49. The van der Waals surface area contributed by atoms with Crippen molar-refractivity contribution >= 4 is 56.2 Å².